The number of hydrogen-bond acceptors (Lipinski definition) is 2. The molecule has 1 rings (SSSR count). The van der Waals surface area contributed by atoms with E-state index in [1.807, 2.05) is 0 Å². The fourth-order valence-electron chi connectivity index (χ4n) is 0.796. The summed E-state index contributed by atoms with van der Waals surface area (Å²) in [5.41, 5.74) is 0.466. The SMILES string of the molecule is O=S(=O)(O)/C=C/c1ccc(Cl)cc1Cl. The average molecular weight is 253 g/mol. The van der Waals surface area contributed by atoms with Crippen LogP contribution in [0.3, 0.4) is 0 Å². The summed E-state index contributed by atoms with van der Waals surface area (Å²) < 4.78 is 29.2. The maximum absolute atomic E-state index is 10.4. The standard InChI is InChI=1S/C8H6Cl2O3S/c9-7-2-1-6(8(10)5-7)3-4-14(11,12)13/h1-5H,(H,11,12,13)/b4-3+. The Morgan fingerprint density at radius 1 is 1.29 bits per heavy atom. The molecule has 0 atom stereocenters. The van der Waals surface area contributed by atoms with Gasteiger partial charge in [0, 0.05) is 10.0 Å². The van der Waals surface area contributed by atoms with E-state index in [0.717, 1.165) is 0 Å². The number of benzene rings is 1. The fourth-order valence-corrected chi connectivity index (χ4v) is 1.59. The zero-order chi connectivity index (χ0) is 10.8. The van der Waals surface area contributed by atoms with Crippen LogP contribution in [0.25, 0.3) is 6.08 Å². The molecule has 0 bridgehead atoms. The van der Waals surface area contributed by atoms with Crippen LogP contribution in [0.5, 0.6) is 0 Å². The highest BCUT2D eigenvalue weighted by Crippen LogP contribution is 2.22. The second-order valence-electron chi connectivity index (χ2n) is 2.48. The minimum absolute atomic E-state index is 0.317. The maximum atomic E-state index is 10.4. The van der Waals surface area contributed by atoms with Crippen LogP contribution in [0.4, 0.5) is 0 Å². The monoisotopic (exact) mass is 252 g/mol. The third kappa shape index (κ3) is 3.67. The summed E-state index contributed by atoms with van der Waals surface area (Å²) >= 11 is 11.4. The van der Waals surface area contributed by atoms with Gasteiger partial charge in [0.15, 0.2) is 0 Å². The summed E-state index contributed by atoms with van der Waals surface area (Å²) in [4.78, 5) is 0. The zero-order valence-electron chi connectivity index (χ0n) is 6.81. The second-order valence-corrected chi connectivity index (χ2v) is 4.63. The van der Waals surface area contributed by atoms with Crippen molar-refractivity contribution in [3.8, 4) is 0 Å². The number of hydrogen-bond donors (Lipinski definition) is 1. The summed E-state index contributed by atoms with van der Waals surface area (Å²) in [5.74, 6) is 0. The van der Waals surface area contributed by atoms with Crippen LogP contribution in [0.15, 0.2) is 23.6 Å². The van der Waals surface area contributed by atoms with Crippen molar-refractivity contribution in [1.82, 2.24) is 0 Å². The molecule has 0 aliphatic rings. The molecule has 1 aromatic carbocycles. The lowest BCUT2D eigenvalue weighted by molar-refractivity contribution is 0.494. The minimum Gasteiger partial charge on any atom is -0.282 e. The molecule has 0 aliphatic carbocycles. The molecule has 14 heavy (non-hydrogen) atoms. The van der Waals surface area contributed by atoms with E-state index >= 15 is 0 Å². The van der Waals surface area contributed by atoms with Gasteiger partial charge in [-0.15, -0.1) is 0 Å². The van der Waals surface area contributed by atoms with Crippen molar-refractivity contribution in [3.05, 3.63) is 39.2 Å². The molecular formula is C8H6Cl2O3S. The van der Waals surface area contributed by atoms with Crippen molar-refractivity contribution in [2.24, 2.45) is 0 Å². The lowest BCUT2D eigenvalue weighted by atomic mass is 10.2. The molecule has 0 unspecified atom stereocenters. The smallest absolute Gasteiger partial charge is 0.282 e. The van der Waals surface area contributed by atoms with E-state index < -0.39 is 10.1 Å². The van der Waals surface area contributed by atoms with E-state index in [1.54, 1.807) is 12.1 Å². The number of halogens is 2. The first kappa shape index (κ1) is 11.5. The Morgan fingerprint density at radius 2 is 1.93 bits per heavy atom. The van der Waals surface area contributed by atoms with Gasteiger partial charge >= 0.3 is 0 Å². The first-order chi connectivity index (χ1) is 6.38. The second kappa shape index (κ2) is 4.31. The molecule has 0 spiro atoms. The van der Waals surface area contributed by atoms with Gasteiger partial charge in [-0.2, -0.15) is 8.42 Å². The van der Waals surface area contributed by atoms with Gasteiger partial charge in [0.1, 0.15) is 0 Å². The fraction of sp³-hybridized carbons (Fsp3) is 0. The molecule has 1 N–H and O–H groups in total. The highest BCUT2D eigenvalue weighted by Gasteiger charge is 2.00. The molecule has 76 valence electrons. The van der Waals surface area contributed by atoms with E-state index in [1.165, 1.54) is 12.1 Å². The van der Waals surface area contributed by atoms with E-state index in [2.05, 4.69) is 0 Å². The Bertz CT molecular complexity index is 465. The molecule has 0 saturated carbocycles. The van der Waals surface area contributed by atoms with Crippen LogP contribution in [-0.4, -0.2) is 13.0 Å². The largest absolute Gasteiger partial charge is 0.287 e. The molecule has 3 nitrogen and oxygen atoms in total. The molecule has 0 fully saturated rings. The third-order valence-corrected chi connectivity index (χ3v) is 2.42. The normalized spacial score (nSPS) is 12.2. The average Bonchev–Trinajstić information content (AvgIpc) is 2.00. The van der Waals surface area contributed by atoms with Crippen molar-refractivity contribution in [2.75, 3.05) is 0 Å². The predicted octanol–water partition coefficient (Wildman–Crippen LogP) is 2.85. The van der Waals surface area contributed by atoms with E-state index in [9.17, 15) is 8.42 Å². The number of rotatable bonds is 2. The van der Waals surface area contributed by atoms with Gasteiger partial charge in [-0.1, -0.05) is 29.3 Å². The van der Waals surface area contributed by atoms with Crippen molar-refractivity contribution >= 4 is 39.4 Å². The predicted molar refractivity (Wildman–Crippen MR) is 57.0 cm³/mol. The highest BCUT2D eigenvalue weighted by molar-refractivity contribution is 7.88. The van der Waals surface area contributed by atoms with E-state index in [4.69, 9.17) is 27.8 Å². The summed E-state index contributed by atoms with van der Waals surface area (Å²) in [6, 6.07) is 4.59. The van der Waals surface area contributed by atoms with E-state index in [0.29, 0.717) is 21.0 Å². The molecule has 0 aliphatic heterocycles. The highest BCUT2D eigenvalue weighted by atomic mass is 35.5. The molecule has 0 aromatic heterocycles. The van der Waals surface area contributed by atoms with E-state index in [-0.39, 0.29) is 0 Å². The van der Waals surface area contributed by atoms with Gasteiger partial charge in [0.05, 0.1) is 5.41 Å². The molecule has 0 amide bonds. The molecule has 0 heterocycles. The van der Waals surface area contributed by atoms with Crippen molar-refractivity contribution in [3.63, 3.8) is 0 Å². The molecule has 1 aromatic rings. The van der Waals surface area contributed by atoms with Crippen molar-refractivity contribution in [1.29, 1.82) is 0 Å². The van der Waals surface area contributed by atoms with Gasteiger partial charge in [-0.25, -0.2) is 0 Å². The topological polar surface area (TPSA) is 54.4 Å². The van der Waals surface area contributed by atoms with Crippen LogP contribution in [0, 0.1) is 0 Å². The quantitative estimate of drug-likeness (QED) is 0.824. The van der Waals surface area contributed by atoms with Gasteiger partial charge in [-0.05, 0) is 23.8 Å². The van der Waals surface area contributed by atoms with Gasteiger partial charge in [0.2, 0.25) is 0 Å². The summed E-state index contributed by atoms with van der Waals surface area (Å²) in [5, 5.41) is 1.43. The van der Waals surface area contributed by atoms with Crippen LogP contribution in [-0.2, 0) is 10.1 Å². The van der Waals surface area contributed by atoms with Crippen molar-refractivity contribution in [2.45, 2.75) is 0 Å². The Kier molecular flexibility index (Phi) is 3.55. The Balaban J connectivity index is 3.05. The first-order valence-corrected chi connectivity index (χ1v) is 5.75. The molecule has 0 saturated heterocycles. The van der Waals surface area contributed by atoms with Crippen LogP contribution < -0.4 is 0 Å². The molecule has 6 heteroatoms. The first-order valence-electron chi connectivity index (χ1n) is 3.49. The maximum Gasteiger partial charge on any atom is 0.287 e. The Morgan fingerprint density at radius 3 is 2.43 bits per heavy atom. The Hall–Kier alpha value is -0.550. The van der Waals surface area contributed by atoms with Crippen LogP contribution in [0.2, 0.25) is 10.0 Å². The zero-order valence-corrected chi connectivity index (χ0v) is 9.14. The summed E-state index contributed by atoms with van der Waals surface area (Å²) in [7, 11) is -4.12. The van der Waals surface area contributed by atoms with Gasteiger partial charge in [-0.3, -0.25) is 4.55 Å². The Labute approximate surface area is 91.7 Å². The van der Waals surface area contributed by atoms with Crippen molar-refractivity contribution < 1.29 is 13.0 Å². The van der Waals surface area contributed by atoms with Crippen LogP contribution >= 0.6 is 23.2 Å². The third-order valence-electron chi connectivity index (χ3n) is 1.38. The summed E-state index contributed by atoms with van der Waals surface area (Å²) in [6.45, 7) is 0. The molecular weight excluding hydrogens is 247 g/mol. The lowest BCUT2D eigenvalue weighted by Gasteiger charge is -1.97. The van der Waals surface area contributed by atoms with Gasteiger partial charge < -0.3 is 0 Å². The van der Waals surface area contributed by atoms with Crippen LogP contribution in [0.1, 0.15) is 5.56 Å². The minimum atomic E-state index is -4.12. The summed E-state index contributed by atoms with van der Waals surface area (Å²) in [6.07, 6.45) is 1.19. The lowest BCUT2D eigenvalue weighted by Crippen LogP contribution is -1.89. The van der Waals surface area contributed by atoms with Gasteiger partial charge in [0.25, 0.3) is 10.1 Å². The molecule has 0 radical (unpaired) electrons.